The third-order valence-corrected chi connectivity index (χ3v) is 6.77. The van der Waals surface area contributed by atoms with Crippen molar-refractivity contribution in [3.05, 3.63) is 64.1 Å². The molecule has 34 heavy (non-hydrogen) atoms. The lowest BCUT2D eigenvalue weighted by molar-refractivity contribution is -0.0261. The Morgan fingerprint density at radius 2 is 2.15 bits per heavy atom. The first kappa shape index (κ1) is 22.6. The average molecular weight is 463 g/mol. The van der Waals surface area contributed by atoms with Crippen LogP contribution in [-0.4, -0.2) is 57.7 Å². The van der Waals surface area contributed by atoms with Crippen LogP contribution in [0.2, 0.25) is 0 Å². The number of nitrogens with one attached hydrogen (secondary N) is 1. The first-order valence-corrected chi connectivity index (χ1v) is 11.7. The van der Waals surface area contributed by atoms with Gasteiger partial charge in [0.05, 0.1) is 42.3 Å². The van der Waals surface area contributed by atoms with Crippen molar-refractivity contribution >= 4 is 5.91 Å². The zero-order valence-corrected chi connectivity index (χ0v) is 19.8. The smallest absolute Gasteiger partial charge is 0.255 e. The van der Waals surface area contributed by atoms with E-state index in [1.807, 2.05) is 38.5 Å². The number of fused-ring (bicyclic) bond motifs is 1. The number of nitrogens with zero attached hydrogens (tertiary/aromatic N) is 3. The van der Waals surface area contributed by atoms with Crippen LogP contribution in [0.15, 0.2) is 30.6 Å². The van der Waals surface area contributed by atoms with Crippen molar-refractivity contribution in [3.63, 3.8) is 0 Å². The fourth-order valence-corrected chi connectivity index (χ4v) is 4.84. The Bertz CT molecular complexity index is 1220. The number of aryl methyl sites for hydroxylation is 2. The molecule has 1 fully saturated rings. The SMILES string of the molecule is Cc1nn(C)cc1-c1ccc(Cc2cc(C(=O)N[C@H]3CCOC[C@@H]3O)c3c(c2C)CCO3)cn1. The second kappa shape index (κ2) is 9.19. The zero-order valence-electron chi connectivity index (χ0n) is 19.8. The van der Waals surface area contributed by atoms with E-state index >= 15 is 0 Å². The van der Waals surface area contributed by atoms with Crippen molar-refractivity contribution in [2.45, 2.75) is 45.3 Å². The number of rotatable bonds is 5. The van der Waals surface area contributed by atoms with Gasteiger partial charge in [-0.1, -0.05) is 6.07 Å². The van der Waals surface area contributed by atoms with E-state index < -0.39 is 6.10 Å². The van der Waals surface area contributed by atoms with E-state index in [2.05, 4.69) is 28.4 Å². The van der Waals surface area contributed by atoms with Crippen LogP contribution in [-0.2, 0) is 24.6 Å². The summed E-state index contributed by atoms with van der Waals surface area (Å²) in [4.78, 5) is 17.9. The number of benzene rings is 1. The standard InChI is InChI=1S/C26H30N4O4/c1-15-18(10-17-4-5-22(27-12-17)21-13-30(3)29-16(21)2)11-20(25-19(15)6-9-34-25)26(32)28-23-7-8-33-14-24(23)31/h4-5,11-13,23-24,31H,6-10,14H2,1-3H3,(H,28,32)/t23-,24-/m0/s1. The number of hydrogen-bond acceptors (Lipinski definition) is 6. The molecule has 0 aliphatic carbocycles. The summed E-state index contributed by atoms with van der Waals surface area (Å²) in [5.41, 5.74) is 7.78. The largest absolute Gasteiger partial charge is 0.492 e. The van der Waals surface area contributed by atoms with Gasteiger partial charge in [-0.3, -0.25) is 14.5 Å². The van der Waals surface area contributed by atoms with Gasteiger partial charge in [0.15, 0.2) is 0 Å². The Morgan fingerprint density at radius 1 is 1.29 bits per heavy atom. The second-order valence-corrected chi connectivity index (χ2v) is 9.16. The molecule has 2 atom stereocenters. The maximum absolute atomic E-state index is 13.2. The lowest BCUT2D eigenvalue weighted by Crippen LogP contribution is -2.48. The maximum Gasteiger partial charge on any atom is 0.255 e. The number of aliphatic hydroxyl groups excluding tert-OH is 1. The topological polar surface area (TPSA) is 98.5 Å². The lowest BCUT2D eigenvalue weighted by Gasteiger charge is -2.28. The molecular weight excluding hydrogens is 432 g/mol. The summed E-state index contributed by atoms with van der Waals surface area (Å²) in [6, 6.07) is 5.71. The molecule has 1 saturated heterocycles. The van der Waals surface area contributed by atoms with Crippen LogP contribution in [0.1, 0.15) is 44.7 Å². The summed E-state index contributed by atoms with van der Waals surface area (Å²) in [6.45, 7) is 5.40. The first-order valence-electron chi connectivity index (χ1n) is 11.7. The van der Waals surface area contributed by atoms with Gasteiger partial charge in [0.25, 0.3) is 5.91 Å². The summed E-state index contributed by atoms with van der Waals surface area (Å²) in [6.07, 6.45) is 5.20. The van der Waals surface area contributed by atoms with Gasteiger partial charge in [-0.2, -0.15) is 5.10 Å². The fraction of sp³-hybridized carbons (Fsp3) is 0.423. The number of amides is 1. The van der Waals surface area contributed by atoms with E-state index in [9.17, 15) is 9.90 Å². The molecule has 2 aliphatic heterocycles. The normalized spacial score (nSPS) is 19.5. The van der Waals surface area contributed by atoms with Gasteiger partial charge in [-0.15, -0.1) is 0 Å². The molecule has 0 unspecified atom stereocenters. The quantitative estimate of drug-likeness (QED) is 0.605. The van der Waals surface area contributed by atoms with Crippen molar-refractivity contribution < 1.29 is 19.4 Å². The van der Waals surface area contributed by atoms with Crippen LogP contribution >= 0.6 is 0 Å². The van der Waals surface area contributed by atoms with Crippen LogP contribution in [0.3, 0.4) is 0 Å². The number of carbonyl (C=O) groups excluding carboxylic acids is 1. The van der Waals surface area contributed by atoms with Crippen molar-refractivity contribution in [2.75, 3.05) is 19.8 Å². The van der Waals surface area contributed by atoms with Crippen LogP contribution in [0.25, 0.3) is 11.3 Å². The van der Waals surface area contributed by atoms with Crippen molar-refractivity contribution in [1.82, 2.24) is 20.1 Å². The molecule has 1 amide bonds. The highest BCUT2D eigenvalue weighted by Gasteiger charge is 2.29. The minimum atomic E-state index is -0.704. The summed E-state index contributed by atoms with van der Waals surface area (Å²) in [7, 11) is 1.90. The predicted octanol–water partition coefficient (Wildman–Crippen LogP) is 2.50. The Labute approximate surface area is 198 Å². The highest BCUT2D eigenvalue weighted by atomic mass is 16.5. The molecule has 0 saturated carbocycles. The van der Waals surface area contributed by atoms with Crippen LogP contribution < -0.4 is 10.1 Å². The minimum Gasteiger partial charge on any atom is -0.492 e. The van der Waals surface area contributed by atoms with Gasteiger partial charge >= 0.3 is 0 Å². The van der Waals surface area contributed by atoms with Gasteiger partial charge in [0, 0.05) is 43.6 Å². The summed E-state index contributed by atoms with van der Waals surface area (Å²) in [5.74, 6) is 0.451. The molecule has 3 aromatic rings. The van der Waals surface area contributed by atoms with E-state index in [1.54, 1.807) is 4.68 Å². The molecule has 2 aliphatic rings. The van der Waals surface area contributed by atoms with Gasteiger partial charge in [-0.05, 0) is 55.5 Å². The summed E-state index contributed by atoms with van der Waals surface area (Å²) < 4.78 is 12.9. The number of aromatic nitrogens is 3. The minimum absolute atomic E-state index is 0.217. The van der Waals surface area contributed by atoms with Crippen molar-refractivity contribution in [3.8, 4) is 17.0 Å². The molecule has 0 radical (unpaired) electrons. The molecule has 1 aromatic carbocycles. The molecule has 4 heterocycles. The predicted molar refractivity (Wildman–Crippen MR) is 127 cm³/mol. The molecule has 0 bridgehead atoms. The first-order chi connectivity index (χ1) is 16.4. The molecule has 178 valence electrons. The van der Waals surface area contributed by atoms with E-state index in [0.717, 1.165) is 45.6 Å². The van der Waals surface area contributed by atoms with Gasteiger partial charge in [-0.25, -0.2) is 0 Å². The van der Waals surface area contributed by atoms with Gasteiger partial charge in [0.1, 0.15) is 5.75 Å². The number of carbonyl (C=O) groups is 1. The third-order valence-electron chi connectivity index (χ3n) is 6.77. The molecule has 2 N–H and O–H groups in total. The number of aliphatic hydroxyl groups is 1. The number of pyridine rings is 1. The highest BCUT2D eigenvalue weighted by Crippen LogP contribution is 2.35. The van der Waals surface area contributed by atoms with E-state index in [1.165, 1.54) is 0 Å². The van der Waals surface area contributed by atoms with Crippen molar-refractivity contribution in [1.29, 1.82) is 0 Å². The molecule has 8 nitrogen and oxygen atoms in total. The van der Waals surface area contributed by atoms with E-state index in [4.69, 9.17) is 9.47 Å². The zero-order chi connectivity index (χ0) is 23.8. The van der Waals surface area contributed by atoms with Gasteiger partial charge < -0.3 is 19.9 Å². The van der Waals surface area contributed by atoms with E-state index in [-0.39, 0.29) is 18.6 Å². The Balaban J connectivity index is 1.41. The Hall–Kier alpha value is -3.23. The lowest BCUT2D eigenvalue weighted by atomic mass is 9.92. The Morgan fingerprint density at radius 3 is 2.85 bits per heavy atom. The fourth-order valence-electron chi connectivity index (χ4n) is 4.84. The Kier molecular flexibility index (Phi) is 6.10. The highest BCUT2D eigenvalue weighted by molar-refractivity contribution is 5.98. The summed E-state index contributed by atoms with van der Waals surface area (Å²) in [5, 5.41) is 17.6. The maximum atomic E-state index is 13.2. The van der Waals surface area contributed by atoms with Crippen LogP contribution in [0.5, 0.6) is 5.75 Å². The molecular formula is C26H30N4O4. The van der Waals surface area contributed by atoms with Crippen molar-refractivity contribution in [2.24, 2.45) is 7.05 Å². The number of ether oxygens (including phenoxy) is 2. The van der Waals surface area contributed by atoms with E-state index in [0.29, 0.717) is 37.4 Å². The molecule has 8 heteroatoms. The van der Waals surface area contributed by atoms with Gasteiger partial charge in [0.2, 0.25) is 0 Å². The molecule has 5 rings (SSSR count). The average Bonchev–Trinajstić information content (AvgIpc) is 3.44. The summed E-state index contributed by atoms with van der Waals surface area (Å²) >= 11 is 0. The monoisotopic (exact) mass is 462 g/mol. The molecule has 2 aromatic heterocycles. The number of hydrogen-bond donors (Lipinski definition) is 2. The van der Waals surface area contributed by atoms with Crippen LogP contribution in [0.4, 0.5) is 0 Å². The molecule has 0 spiro atoms. The van der Waals surface area contributed by atoms with Crippen LogP contribution in [0, 0.1) is 13.8 Å². The second-order valence-electron chi connectivity index (χ2n) is 9.16. The third kappa shape index (κ3) is 4.31.